The van der Waals surface area contributed by atoms with Crippen LogP contribution in [0.3, 0.4) is 0 Å². The van der Waals surface area contributed by atoms with Crippen molar-refractivity contribution in [3.63, 3.8) is 0 Å². The second-order valence-electron chi connectivity index (χ2n) is 3.91. The minimum Gasteiger partial charge on any atom is -0.428 e. The third kappa shape index (κ3) is 2.42. The summed E-state index contributed by atoms with van der Waals surface area (Å²) in [5, 5.41) is 2.92. The lowest BCUT2D eigenvalue weighted by molar-refractivity contribution is 0.577. The van der Waals surface area contributed by atoms with E-state index in [1.54, 1.807) is 13.2 Å². The molecule has 0 unspecified atom stereocenters. The Bertz CT molecular complexity index is 815. The molecule has 0 aliphatic rings. The summed E-state index contributed by atoms with van der Waals surface area (Å²) in [7, 11) is 1.79. The monoisotopic (exact) mass is 268 g/mol. The number of rotatable bonds is 1. The second kappa shape index (κ2) is 4.97. The SMILES string of the molecule is CNc1ccc(C#Cc2nc3nc(F)ccc3o2)cn1. The molecule has 0 aliphatic heterocycles. The van der Waals surface area contributed by atoms with Crippen molar-refractivity contribution >= 4 is 17.0 Å². The second-order valence-corrected chi connectivity index (χ2v) is 3.91. The maximum Gasteiger partial charge on any atom is 0.276 e. The molecule has 0 fully saturated rings. The first kappa shape index (κ1) is 12.1. The van der Waals surface area contributed by atoms with Crippen molar-refractivity contribution in [1.82, 2.24) is 15.0 Å². The van der Waals surface area contributed by atoms with Crippen molar-refractivity contribution in [2.24, 2.45) is 0 Å². The number of oxazole rings is 1. The van der Waals surface area contributed by atoms with Gasteiger partial charge in [0.2, 0.25) is 11.6 Å². The van der Waals surface area contributed by atoms with Crippen molar-refractivity contribution in [1.29, 1.82) is 0 Å². The fourth-order valence-electron chi connectivity index (χ4n) is 1.59. The van der Waals surface area contributed by atoms with E-state index in [1.807, 2.05) is 12.1 Å². The Hall–Kier alpha value is -2.94. The van der Waals surface area contributed by atoms with E-state index < -0.39 is 5.95 Å². The van der Waals surface area contributed by atoms with Gasteiger partial charge >= 0.3 is 0 Å². The average Bonchev–Trinajstić information content (AvgIpc) is 2.87. The van der Waals surface area contributed by atoms with Gasteiger partial charge in [0.1, 0.15) is 5.82 Å². The highest BCUT2D eigenvalue weighted by Gasteiger charge is 2.05. The van der Waals surface area contributed by atoms with E-state index in [9.17, 15) is 4.39 Å². The van der Waals surface area contributed by atoms with Crippen LogP contribution in [0.4, 0.5) is 10.2 Å². The molecule has 0 aromatic carbocycles. The van der Waals surface area contributed by atoms with E-state index >= 15 is 0 Å². The maximum atomic E-state index is 12.9. The summed E-state index contributed by atoms with van der Waals surface area (Å²) in [5.74, 6) is 5.98. The summed E-state index contributed by atoms with van der Waals surface area (Å²) in [6.07, 6.45) is 1.64. The van der Waals surface area contributed by atoms with Crippen molar-refractivity contribution in [3.8, 4) is 11.8 Å². The highest BCUT2D eigenvalue weighted by atomic mass is 19.1. The third-order valence-corrected chi connectivity index (χ3v) is 2.55. The van der Waals surface area contributed by atoms with Crippen molar-refractivity contribution in [2.45, 2.75) is 0 Å². The molecule has 20 heavy (non-hydrogen) atoms. The largest absolute Gasteiger partial charge is 0.428 e. The Balaban J connectivity index is 1.90. The first-order valence-electron chi connectivity index (χ1n) is 5.83. The van der Waals surface area contributed by atoms with Crippen LogP contribution >= 0.6 is 0 Å². The Labute approximate surface area is 113 Å². The van der Waals surface area contributed by atoms with Gasteiger partial charge in [-0.15, -0.1) is 0 Å². The first-order chi connectivity index (χ1) is 9.74. The van der Waals surface area contributed by atoms with Gasteiger partial charge in [-0.25, -0.2) is 4.98 Å². The van der Waals surface area contributed by atoms with Gasteiger partial charge in [-0.3, -0.25) is 0 Å². The van der Waals surface area contributed by atoms with E-state index in [0.717, 1.165) is 11.4 Å². The lowest BCUT2D eigenvalue weighted by Crippen LogP contribution is -1.91. The molecule has 0 atom stereocenters. The fourth-order valence-corrected chi connectivity index (χ4v) is 1.59. The van der Waals surface area contributed by atoms with Crippen LogP contribution in [0.15, 0.2) is 34.9 Å². The van der Waals surface area contributed by atoms with Gasteiger partial charge < -0.3 is 9.73 Å². The number of nitrogens with one attached hydrogen (secondary N) is 1. The molecule has 3 aromatic heterocycles. The lowest BCUT2D eigenvalue weighted by Gasteiger charge is -1.96. The number of pyridine rings is 2. The molecule has 0 amide bonds. The Morgan fingerprint density at radius 3 is 2.80 bits per heavy atom. The summed E-state index contributed by atoms with van der Waals surface area (Å²) in [6, 6.07) is 6.32. The molecule has 5 nitrogen and oxygen atoms in total. The summed E-state index contributed by atoms with van der Waals surface area (Å²) in [5.41, 5.74) is 1.34. The molecule has 3 heterocycles. The summed E-state index contributed by atoms with van der Waals surface area (Å²) in [6.45, 7) is 0. The van der Waals surface area contributed by atoms with Gasteiger partial charge in [-0.05, 0) is 30.2 Å². The van der Waals surface area contributed by atoms with E-state index in [1.165, 1.54) is 12.1 Å². The standard InChI is InChI=1S/C14H9FN4O/c1-16-12-6-2-9(8-17-12)3-7-13-19-14-10(20-13)4-5-11(15)18-14/h2,4-6,8H,1H3,(H,16,17). The molecular weight excluding hydrogens is 259 g/mol. The number of fused-ring (bicyclic) bond motifs is 1. The van der Waals surface area contributed by atoms with E-state index in [2.05, 4.69) is 32.1 Å². The zero-order valence-electron chi connectivity index (χ0n) is 10.5. The summed E-state index contributed by atoms with van der Waals surface area (Å²) < 4.78 is 18.3. The molecule has 0 spiro atoms. The molecule has 98 valence electrons. The number of hydrogen-bond donors (Lipinski definition) is 1. The van der Waals surface area contributed by atoms with Crippen molar-refractivity contribution in [2.75, 3.05) is 12.4 Å². The topological polar surface area (TPSA) is 63.8 Å². The molecule has 0 saturated carbocycles. The molecular formula is C14H9FN4O. The number of halogens is 1. The van der Waals surface area contributed by atoms with Crippen LogP contribution < -0.4 is 5.32 Å². The predicted molar refractivity (Wildman–Crippen MR) is 71.5 cm³/mol. The highest BCUT2D eigenvalue weighted by molar-refractivity contribution is 5.67. The molecule has 1 N–H and O–H groups in total. The van der Waals surface area contributed by atoms with Gasteiger partial charge in [0.25, 0.3) is 5.89 Å². The quantitative estimate of drug-likeness (QED) is 0.541. The van der Waals surface area contributed by atoms with E-state index in [0.29, 0.717) is 5.58 Å². The van der Waals surface area contributed by atoms with Crippen LogP contribution in [-0.2, 0) is 0 Å². The molecule has 6 heteroatoms. The number of anilines is 1. The zero-order valence-corrected chi connectivity index (χ0v) is 10.5. The summed E-state index contributed by atoms with van der Waals surface area (Å²) in [4.78, 5) is 11.7. The third-order valence-electron chi connectivity index (χ3n) is 2.55. The zero-order chi connectivity index (χ0) is 13.9. The number of hydrogen-bond acceptors (Lipinski definition) is 5. The Kier molecular flexibility index (Phi) is 3.01. The molecule has 3 aromatic rings. The minimum atomic E-state index is -0.600. The van der Waals surface area contributed by atoms with Gasteiger partial charge in [-0.2, -0.15) is 14.4 Å². The normalized spacial score (nSPS) is 10.1. The van der Waals surface area contributed by atoms with E-state index in [4.69, 9.17) is 4.42 Å². The molecule has 0 radical (unpaired) electrons. The van der Waals surface area contributed by atoms with Gasteiger partial charge in [0.15, 0.2) is 5.58 Å². The van der Waals surface area contributed by atoms with Crippen molar-refractivity contribution < 1.29 is 8.81 Å². The Morgan fingerprint density at radius 1 is 1.15 bits per heavy atom. The van der Waals surface area contributed by atoms with Crippen LogP contribution in [0, 0.1) is 17.8 Å². The average molecular weight is 268 g/mol. The molecule has 0 saturated heterocycles. The van der Waals surface area contributed by atoms with Crippen LogP contribution in [-0.4, -0.2) is 22.0 Å². The highest BCUT2D eigenvalue weighted by Crippen LogP contribution is 2.13. The van der Waals surface area contributed by atoms with Gasteiger partial charge in [0, 0.05) is 18.8 Å². The fraction of sp³-hybridized carbons (Fsp3) is 0.0714. The minimum absolute atomic E-state index is 0.191. The van der Waals surface area contributed by atoms with Crippen LogP contribution in [0.5, 0.6) is 0 Å². The van der Waals surface area contributed by atoms with Gasteiger partial charge in [0.05, 0.1) is 0 Å². The lowest BCUT2D eigenvalue weighted by atomic mass is 10.3. The molecule has 3 rings (SSSR count). The molecule has 0 bridgehead atoms. The van der Waals surface area contributed by atoms with Gasteiger partial charge in [-0.1, -0.05) is 5.92 Å². The predicted octanol–water partition coefficient (Wildman–Crippen LogP) is 2.20. The van der Waals surface area contributed by atoms with Crippen LogP contribution in [0.25, 0.3) is 11.2 Å². The summed E-state index contributed by atoms with van der Waals surface area (Å²) >= 11 is 0. The molecule has 0 aliphatic carbocycles. The first-order valence-corrected chi connectivity index (χ1v) is 5.83. The van der Waals surface area contributed by atoms with Crippen LogP contribution in [0.1, 0.15) is 11.5 Å². The smallest absolute Gasteiger partial charge is 0.276 e. The Morgan fingerprint density at radius 2 is 2.05 bits per heavy atom. The van der Waals surface area contributed by atoms with Crippen LogP contribution in [0.2, 0.25) is 0 Å². The maximum absolute atomic E-state index is 12.9. The van der Waals surface area contributed by atoms with Crippen molar-refractivity contribution in [3.05, 3.63) is 47.9 Å². The van der Waals surface area contributed by atoms with E-state index in [-0.39, 0.29) is 11.5 Å². The number of nitrogens with zero attached hydrogens (tertiary/aromatic N) is 3. The number of aromatic nitrogens is 3.